The first-order valence-electron chi connectivity index (χ1n) is 8.56. The molecule has 27 heavy (non-hydrogen) atoms. The van der Waals surface area contributed by atoms with Crippen LogP contribution in [0.3, 0.4) is 0 Å². The van der Waals surface area contributed by atoms with E-state index in [-0.39, 0.29) is 6.61 Å². The molecule has 4 rings (SSSR count). The number of rotatable bonds is 5. The highest BCUT2D eigenvalue weighted by Gasteiger charge is 2.05. The van der Waals surface area contributed by atoms with Crippen molar-refractivity contribution in [2.45, 2.75) is 0 Å². The van der Waals surface area contributed by atoms with Crippen molar-refractivity contribution in [2.75, 3.05) is 6.61 Å². The zero-order valence-electron chi connectivity index (χ0n) is 14.5. The number of nitrogens with zero attached hydrogens (tertiary/aromatic N) is 2. The maximum Gasteiger partial charge on any atom is 0.220 e. The summed E-state index contributed by atoms with van der Waals surface area (Å²) >= 11 is 0. The molecule has 0 saturated carbocycles. The number of aromatic nitrogens is 1. The molecule has 0 N–H and O–H groups in total. The maximum atomic E-state index is 8.53. The number of benzene rings is 3. The van der Waals surface area contributed by atoms with Gasteiger partial charge in [0.25, 0.3) is 0 Å². The van der Waals surface area contributed by atoms with Crippen LogP contribution in [0.2, 0.25) is 0 Å². The predicted molar refractivity (Wildman–Crippen MR) is 106 cm³/mol. The van der Waals surface area contributed by atoms with E-state index < -0.39 is 0 Å². The second-order valence-electron chi connectivity index (χ2n) is 5.95. The molecule has 4 heteroatoms. The highest BCUT2D eigenvalue weighted by Crippen LogP contribution is 2.25. The molecule has 0 saturated heterocycles. The summed E-state index contributed by atoms with van der Waals surface area (Å²) in [6, 6.07) is 25.7. The summed E-state index contributed by atoms with van der Waals surface area (Å²) in [7, 11) is 0. The molecule has 0 spiro atoms. The SMILES string of the molecule is N#CCOc1ccc(/C=C/c2nc3cc(-c4ccccc4)ccc3o2)cc1. The van der Waals surface area contributed by atoms with Crippen molar-refractivity contribution in [3.63, 3.8) is 0 Å². The van der Waals surface area contributed by atoms with Crippen LogP contribution in [-0.4, -0.2) is 11.6 Å². The summed E-state index contributed by atoms with van der Waals surface area (Å²) in [4.78, 5) is 4.56. The Labute approximate surface area is 157 Å². The Hall–Kier alpha value is -3.84. The van der Waals surface area contributed by atoms with E-state index in [0.29, 0.717) is 11.6 Å². The normalized spacial score (nSPS) is 10.9. The molecule has 1 heterocycles. The first-order valence-corrected chi connectivity index (χ1v) is 8.56. The third-order valence-electron chi connectivity index (χ3n) is 4.11. The van der Waals surface area contributed by atoms with Gasteiger partial charge >= 0.3 is 0 Å². The summed E-state index contributed by atoms with van der Waals surface area (Å²) in [6.45, 7) is 0.0447. The van der Waals surface area contributed by atoms with Crippen molar-refractivity contribution in [1.29, 1.82) is 5.26 Å². The first kappa shape index (κ1) is 16.6. The summed E-state index contributed by atoms with van der Waals surface area (Å²) in [5.74, 6) is 1.23. The van der Waals surface area contributed by atoms with Gasteiger partial charge < -0.3 is 9.15 Å². The van der Waals surface area contributed by atoms with E-state index in [2.05, 4.69) is 17.1 Å². The molecule has 0 amide bonds. The van der Waals surface area contributed by atoms with Crippen LogP contribution in [0.5, 0.6) is 5.75 Å². The van der Waals surface area contributed by atoms with Crippen LogP contribution < -0.4 is 4.74 Å². The predicted octanol–water partition coefficient (Wildman–Crippen LogP) is 5.57. The van der Waals surface area contributed by atoms with Gasteiger partial charge in [-0.25, -0.2) is 4.98 Å². The average molecular weight is 352 g/mol. The third-order valence-corrected chi connectivity index (χ3v) is 4.11. The number of hydrogen-bond donors (Lipinski definition) is 0. The van der Waals surface area contributed by atoms with Crippen molar-refractivity contribution in [3.8, 4) is 22.9 Å². The molecule has 0 aliphatic carbocycles. The molecule has 0 fully saturated rings. The lowest BCUT2D eigenvalue weighted by atomic mass is 10.1. The molecule has 0 aliphatic rings. The highest BCUT2D eigenvalue weighted by molar-refractivity contribution is 5.82. The molecule has 0 unspecified atom stereocenters. The zero-order chi connectivity index (χ0) is 18.5. The van der Waals surface area contributed by atoms with Gasteiger partial charge in [0.1, 0.15) is 17.3 Å². The molecule has 3 aromatic carbocycles. The van der Waals surface area contributed by atoms with E-state index in [0.717, 1.165) is 27.8 Å². The summed E-state index contributed by atoms with van der Waals surface area (Å²) in [5.41, 5.74) is 4.84. The third kappa shape index (κ3) is 3.88. The minimum absolute atomic E-state index is 0.0447. The van der Waals surface area contributed by atoms with Crippen molar-refractivity contribution >= 4 is 23.3 Å². The van der Waals surface area contributed by atoms with Gasteiger partial charge in [0.15, 0.2) is 12.2 Å². The molecular weight excluding hydrogens is 336 g/mol. The molecule has 4 aromatic rings. The molecule has 0 aliphatic heterocycles. The van der Waals surface area contributed by atoms with Gasteiger partial charge in [0.2, 0.25) is 5.89 Å². The molecule has 0 atom stereocenters. The highest BCUT2D eigenvalue weighted by atomic mass is 16.5. The lowest BCUT2D eigenvalue weighted by molar-refractivity contribution is 0.368. The Morgan fingerprint density at radius 2 is 1.74 bits per heavy atom. The van der Waals surface area contributed by atoms with Crippen LogP contribution in [0.1, 0.15) is 11.5 Å². The molecule has 130 valence electrons. The van der Waals surface area contributed by atoms with Crippen LogP contribution in [0, 0.1) is 11.3 Å². The largest absolute Gasteiger partial charge is 0.479 e. The number of hydrogen-bond acceptors (Lipinski definition) is 4. The summed E-state index contributed by atoms with van der Waals surface area (Å²) in [6.07, 6.45) is 3.77. The Balaban J connectivity index is 1.54. The molecular formula is C23H16N2O2. The number of oxazole rings is 1. The number of ether oxygens (including phenoxy) is 1. The van der Waals surface area contributed by atoms with Gasteiger partial charge in [-0.2, -0.15) is 5.26 Å². The molecule has 0 radical (unpaired) electrons. The Morgan fingerprint density at radius 3 is 2.52 bits per heavy atom. The monoisotopic (exact) mass is 352 g/mol. The van der Waals surface area contributed by atoms with Crippen molar-refractivity contribution in [2.24, 2.45) is 0 Å². The lowest BCUT2D eigenvalue weighted by Crippen LogP contribution is -1.92. The maximum absolute atomic E-state index is 8.53. The fourth-order valence-electron chi connectivity index (χ4n) is 2.78. The fourth-order valence-corrected chi connectivity index (χ4v) is 2.78. The van der Waals surface area contributed by atoms with E-state index in [1.54, 1.807) is 0 Å². The second-order valence-corrected chi connectivity index (χ2v) is 5.95. The summed E-state index contributed by atoms with van der Waals surface area (Å²) < 4.78 is 11.0. The second kappa shape index (κ2) is 7.59. The van der Waals surface area contributed by atoms with E-state index in [1.165, 1.54) is 0 Å². The quantitative estimate of drug-likeness (QED) is 0.471. The topological polar surface area (TPSA) is 59.0 Å². The zero-order valence-corrected chi connectivity index (χ0v) is 14.5. The van der Waals surface area contributed by atoms with Crippen LogP contribution in [-0.2, 0) is 0 Å². The average Bonchev–Trinajstić information content (AvgIpc) is 3.14. The van der Waals surface area contributed by atoms with Gasteiger partial charge in [-0.3, -0.25) is 0 Å². The van der Waals surface area contributed by atoms with Gasteiger partial charge in [-0.05, 0) is 47.0 Å². The van der Waals surface area contributed by atoms with Crippen LogP contribution in [0.15, 0.2) is 77.2 Å². The lowest BCUT2D eigenvalue weighted by Gasteiger charge is -2.00. The Bertz CT molecular complexity index is 1120. The standard InChI is InChI=1S/C23H16N2O2/c24-14-15-26-20-10-6-17(7-11-20)8-13-23-25-21-16-19(9-12-22(21)27-23)18-4-2-1-3-5-18/h1-13,16H,15H2/b13-8+. The first-order chi connectivity index (χ1) is 13.3. The van der Waals surface area contributed by atoms with Crippen molar-refractivity contribution in [3.05, 3.63) is 84.3 Å². The van der Waals surface area contributed by atoms with Gasteiger partial charge in [-0.15, -0.1) is 0 Å². The van der Waals surface area contributed by atoms with E-state index in [9.17, 15) is 0 Å². The van der Waals surface area contributed by atoms with E-state index >= 15 is 0 Å². The summed E-state index contributed by atoms with van der Waals surface area (Å²) in [5, 5.41) is 8.53. The Kier molecular flexibility index (Phi) is 4.67. The molecule has 4 nitrogen and oxygen atoms in total. The fraction of sp³-hybridized carbons (Fsp3) is 0.0435. The van der Waals surface area contributed by atoms with Crippen LogP contribution in [0.25, 0.3) is 34.4 Å². The van der Waals surface area contributed by atoms with Gasteiger partial charge in [0, 0.05) is 6.08 Å². The minimum Gasteiger partial charge on any atom is -0.479 e. The molecule has 1 aromatic heterocycles. The van der Waals surface area contributed by atoms with Crippen LogP contribution in [0.4, 0.5) is 0 Å². The van der Waals surface area contributed by atoms with Crippen LogP contribution >= 0.6 is 0 Å². The van der Waals surface area contributed by atoms with E-state index in [1.807, 2.05) is 78.9 Å². The van der Waals surface area contributed by atoms with Crippen molar-refractivity contribution < 1.29 is 9.15 Å². The van der Waals surface area contributed by atoms with E-state index in [4.69, 9.17) is 14.4 Å². The van der Waals surface area contributed by atoms with Crippen molar-refractivity contribution in [1.82, 2.24) is 4.98 Å². The smallest absolute Gasteiger partial charge is 0.220 e. The number of nitriles is 1. The molecule has 0 bridgehead atoms. The Morgan fingerprint density at radius 1 is 0.926 bits per heavy atom. The van der Waals surface area contributed by atoms with Gasteiger partial charge in [0.05, 0.1) is 0 Å². The van der Waals surface area contributed by atoms with Gasteiger partial charge in [-0.1, -0.05) is 48.5 Å². The number of fused-ring (bicyclic) bond motifs is 1. The minimum atomic E-state index is 0.0447.